The highest BCUT2D eigenvalue weighted by Gasteiger charge is 2.26. The quantitative estimate of drug-likeness (QED) is 0.851. The van der Waals surface area contributed by atoms with Gasteiger partial charge in [0.05, 0.1) is 13.2 Å². The van der Waals surface area contributed by atoms with E-state index in [1.54, 1.807) is 25.1 Å². The van der Waals surface area contributed by atoms with E-state index in [2.05, 4.69) is 20.8 Å². The molecular formula is C16H19FN4O3. The van der Waals surface area contributed by atoms with Gasteiger partial charge in [-0.1, -0.05) is 23.4 Å². The molecule has 2 atom stereocenters. The third-order valence-electron chi connectivity index (χ3n) is 3.75. The minimum atomic E-state index is -0.805. The Balaban J connectivity index is 1.77. The Kier molecular flexibility index (Phi) is 5.17. The molecular weight excluding hydrogens is 315 g/mol. The average Bonchev–Trinajstić information content (AvgIpc) is 3.01. The van der Waals surface area contributed by atoms with E-state index < -0.39 is 11.9 Å². The highest BCUT2D eigenvalue weighted by molar-refractivity contribution is 5.77. The van der Waals surface area contributed by atoms with Crippen molar-refractivity contribution < 1.29 is 18.4 Å². The number of hydrogen-bond acceptors (Lipinski definition) is 6. The molecule has 0 spiro atoms. The second kappa shape index (κ2) is 7.50. The topological polar surface area (TPSA) is 89.3 Å². The number of nitrogens with zero attached hydrogens (tertiary/aromatic N) is 2. The van der Waals surface area contributed by atoms with Gasteiger partial charge in [0.15, 0.2) is 5.82 Å². The van der Waals surface area contributed by atoms with Crippen molar-refractivity contribution in [3.05, 3.63) is 47.4 Å². The molecule has 7 nitrogen and oxygen atoms in total. The van der Waals surface area contributed by atoms with Crippen LogP contribution < -0.4 is 10.6 Å². The van der Waals surface area contributed by atoms with Crippen LogP contribution in [0.15, 0.2) is 28.8 Å². The summed E-state index contributed by atoms with van der Waals surface area (Å²) in [6.45, 7) is 3.45. The van der Waals surface area contributed by atoms with Crippen molar-refractivity contribution in [1.29, 1.82) is 0 Å². The predicted octanol–water partition coefficient (Wildman–Crippen LogP) is 1.10. The van der Waals surface area contributed by atoms with E-state index in [9.17, 15) is 9.18 Å². The molecule has 128 valence electrons. The van der Waals surface area contributed by atoms with Gasteiger partial charge < -0.3 is 19.9 Å². The van der Waals surface area contributed by atoms with E-state index in [0.717, 1.165) is 0 Å². The van der Waals surface area contributed by atoms with Gasteiger partial charge in [0.2, 0.25) is 11.8 Å². The number of amides is 1. The fourth-order valence-electron chi connectivity index (χ4n) is 2.62. The van der Waals surface area contributed by atoms with Crippen molar-refractivity contribution in [2.24, 2.45) is 0 Å². The van der Waals surface area contributed by atoms with Crippen LogP contribution in [-0.2, 0) is 9.53 Å². The van der Waals surface area contributed by atoms with Gasteiger partial charge in [-0.3, -0.25) is 4.79 Å². The van der Waals surface area contributed by atoms with Crippen LogP contribution in [0, 0.1) is 12.7 Å². The van der Waals surface area contributed by atoms with E-state index in [4.69, 9.17) is 9.26 Å². The zero-order valence-corrected chi connectivity index (χ0v) is 13.3. The Morgan fingerprint density at radius 3 is 3.00 bits per heavy atom. The van der Waals surface area contributed by atoms with Crippen LogP contribution in [0.1, 0.15) is 29.7 Å². The van der Waals surface area contributed by atoms with Gasteiger partial charge in [0.1, 0.15) is 11.9 Å². The van der Waals surface area contributed by atoms with E-state index in [-0.39, 0.29) is 24.2 Å². The Bertz CT molecular complexity index is 700. The Morgan fingerprint density at radius 1 is 1.50 bits per heavy atom. The van der Waals surface area contributed by atoms with Crippen molar-refractivity contribution in [2.75, 3.05) is 19.8 Å². The maximum atomic E-state index is 14.2. The fraction of sp³-hybridized carbons (Fsp3) is 0.438. The van der Waals surface area contributed by atoms with Crippen LogP contribution in [0.25, 0.3) is 0 Å². The molecule has 2 N–H and O–H groups in total. The number of benzene rings is 1. The van der Waals surface area contributed by atoms with Crippen molar-refractivity contribution in [2.45, 2.75) is 25.4 Å². The molecule has 1 aromatic heterocycles. The maximum absolute atomic E-state index is 14.2. The van der Waals surface area contributed by atoms with Crippen LogP contribution >= 0.6 is 0 Å². The first-order chi connectivity index (χ1) is 11.6. The summed E-state index contributed by atoms with van der Waals surface area (Å²) < 4.78 is 24.5. The lowest BCUT2D eigenvalue weighted by Gasteiger charge is -2.24. The Labute approximate surface area is 138 Å². The van der Waals surface area contributed by atoms with Gasteiger partial charge in [-0.05, 0) is 6.07 Å². The number of carbonyl (C=O) groups is 1. The van der Waals surface area contributed by atoms with Gasteiger partial charge in [0, 0.05) is 31.5 Å². The second-order valence-corrected chi connectivity index (χ2v) is 5.62. The third-order valence-corrected chi connectivity index (χ3v) is 3.75. The fourth-order valence-corrected chi connectivity index (χ4v) is 2.62. The molecule has 1 aliphatic rings. The van der Waals surface area contributed by atoms with Gasteiger partial charge in [-0.2, -0.15) is 4.98 Å². The van der Waals surface area contributed by atoms with Gasteiger partial charge in [-0.15, -0.1) is 0 Å². The lowest BCUT2D eigenvalue weighted by Crippen LogP contribution is -2.44. The van der Waals surface area contributed by atoms with E-state index in [1.165, 1.54) is 6.07 Å². The van der Waals surface area contributed by atoms with Gasteiger partial charge in [0.25, 0.3) is 0 Å². The van der Waals surface area contributed by atoms with Crippen LogP contribution in [0.5, 0.6) is 0 Å². The molecule has 8 heteroatoms. The van der Waals surface area contributed by atoms with Crippen molar-refractivity contribution in [1.82, 2.24) is 20.8 Å². The number of carbonyl (C=O) groups excluding carboxylic acids is 1. The Hall–Kier alpha value is -2.32. The van der Waals surface area contributed by atoms with E-state index in [1.807, 2.05) is 0 Å². The molecule has 1 saturated heterocycles. The first-order valence-corrected chi connectivity index (χ1v) is 7.78. The van der Waals surface area contributed by atoms with Crippen LogP contribution in [0.2, 0.25) is 0 Å². The molecule has 2 heterocycles. The molecule has 1 amide bonds. The van der Waals surface area contributed by atoms with E-state index in [0.29, 0.717) is 31.2 Å². The molecule has 2 unspecified atom stereocenters. The lowest BCUT2D eigenvalue weighted by molar-refractivity contribution is -0.122. The molecule has 3 rings (SSSR count). The number of rotatable bonds is 5. The van der Waals surface area contributed by atoms with Crippen molar-refractivity contribution in [3.63, 3.8) is 0 Å². The number of nitrogens with one attached hydrogen (secondary N) is 2. The highest BCUT2D eigenvalue weighted by Crippen LogP contribution is 2.22. The summed E-state index contributed by atoms with van der Waals surface area (Å²) in [5.74, 6) is -0.111. The standard InChI is InChI=1S/C16H19FN4O3/c1-10-19-16(21-24-10)15(12-4-2-3-5-13(12)17)20-14(22)8-11-9-23-7-6-18-11/h2-5,11,15,18H,6-9H2,1H3,(H,20,22). The first-order valence-electron chi connectivity index (χ1n) is 7.78. The number of ether oxygens (including phenoxy) is 1. The number of halogens is 1. The van der Waals surface area contributed by atoms with Crippen LogP contribution in [-0.4, -0.2) is 41.8 Å². The smallest absolute Gasteiger partial charge is 0.223 e. The largest absolute Gasteiger partial charge is 0.378 e. The normalized spacial score (nSPS) is 19.0. The van der Waals surface area contributed by atoms with Crippen molar-refractivity contribution in [3.8, 4) is 0 Å². The molecule has 1 aliphatic heterocycles. The SMILES string of the molecule is Cc1nc(C(NC(=O)CC2COCCN2)c2ccccc2F)no1. The number of aryl methyl sites for hydroxylation is 1. The second-order valence-electron chi connectivity index (χ2n) is 5.62. The zero-order valence-electron chi connectivity index (χ0n) is 13.3. The Morgan fingerprint density at radius 2 is 2.33 bits per heavy atom. The summed E-state index contributed by atoms with van der Waals surface area (Å²) in [5, 5.41) is 9.83. The summed E-state index contributed by atoms with van der Waals surface area (Å²) in [7, 11) is 0. The average molecular weight is 334 g/mol. The number of hydrogen-bond donors (Lipinski definition) is 2. The van der Waals surface area contributed by atoms with E-state index >= 15 is 0 Å². The molecule has 0 radical (unpaired) electrons. The molecule has 0 aliphatic carbocycles. The summed E-state index contributed by atoms with van der Waals surface area (Å²) in [6, 6.07) is 5.34. The van der Waals surface area contributed by atoms with Gasteiger partial charge >= 0.3 is 0 Å². The first kappa shape index (κ1) is 16.5. The molecule has 0 saturated carbocycles. The molecule has 2 aromatic rings. The number of morpholine rings is 1. The van der Waals surface area contributed by atoms with Crippen molar-refractivity contribution >= 4 is 5.91 Å². The summed E-state index contributed by atoms with van der Waals surface area (Å²) in [4.78, 5) is 16.5. The zero-order chi connectivity index (χ0) is 16.9. The third kappa shape index (κ3) is 3.95. The van der Waals surface area contributed by atoms with Crippen LogP contribution in [0.3, 0.4) is 0 Å². The highest BCUT2D eigenvalue weighted by atomic mass is 19.1. The summed E-state index contributed by atoms with van der Waals surface area (Å²) in [5.41, 5.74) is 0.291. The summed E-state index contributed by atoms with van der Waals surface area (Å²) in [6.07, 6.45) is 0.224. The van der Waals surface area contributed by atoms with Crippen LogP contribution in [0.4, 0.5) is 4.39 Å². The van der Waals surface area contributed by atoms with Gasteiger partial charge in [-0.25, -0.2) is 4.39 Å². The predicted molar refractivity (Wildman–Crippen MR) is 82.6 cm³/mol. The lowest BCUT2D eigenvalue weighted by atomic mass is 10.0. The minimum Gasteiger partial charge on any atom is -0.378 e. The maximum Gasteiger partial charge on any atom is 0.223 e. The summed E-state index contributed by atoms with van der Waals surface area (Å²) >= 11 is 0. The monoisotopic (exact) mass is 334 g/mol. The molecule has 1 aromatic carbocycles. The molecule has 24 heavy (non-hydrogen) atoms. The molecule has 0 bridgehead atoms. The molecule has 1 fully saturated rings. The minimum absolute atomic E-state index is 0.0629. The number of aromatic nitrogens is 2.